The lowest BCUT2D eigenvalue weighted by Crippen LogP contribution is -2.64. The summed E-state index contributed by atoms with van der Waals surface area (Å²) in [6.07, 6.45) is 0. The van der Waals surface area contributed by atoms with Gasteiger partial charge in [-0.05, 0) is 23.6 Å². The Kier molecular flexibility index (Phi) is 3.10. The third-order valence-corrected chi connectivity index (χ3v) is 5.25. The first kappa shape index (κ1) is 16.6. The van der Waals surface area contributed by atoms with Gasteiger partial charge in [-0.3, -0.25) is 4.79 Å². The van der Waals surface area contributed by atoms with Gasteiger partial charge in [-0.25, -0.2) is 4.79 Å². The van der Waals surface area contributed by atoms with Gasteiger partial charge in [-0.1, -0.05) is 36.4 Å². The van der Waals surface area contributed by atoms with Crippen molar-refractivity contribution in [3.05, 3.63) is 65.7 Å². The van der Waals surface area contributed by atoms with Gasteiger partial charge in [0.1, 0.15) is 17.2 Å². The smallest absolute Gasteiger partial charge is 0.355 e. The molecule has 7 heteroatoms. The number of phenolic OH excluding ortho intramolecular Hbond substituents is 1. The van der Waals surface area contributed by atoms with Gasteiger partial charge >= 0.3 is 17.4 Å². The highest BCUT2D eigenvalue weighted by atomic mass is 16.7. The summed E-state index contributed by atoms with van der Waals surface area (Å²) < 4.78 is 16.8. The van der Waals surface area contributed by atoms with Crippen LogP contribution >= 0.6 is 0 Å². The molecule has 5 rings (SSSR count). The van der Waals surface area contributed by atoms with Gasteiger partial charge in [0.15, 0.2) is 0 Å². The lowest BCUT2D eigenvalue weighted by molar-refractivity contribution is -0.233. The van der Waals surface area contributed by atoms with Gasteiger partial charge in [-0.2, -0.15) is 0 Å². The summed E-state index contributed by atoms with van der Waals surface area (Å²) in [6.45, 7) is 0. The zero-order valence-corrected chi connectivity index (χ0v) is 14.6. The minimum atomic E-state index is -2.85. The van der Waals surface area contributed by atoms with Crippen molar-refractivity contribution < 1.29 is 34.0 Å². The molecule has 2 aliphatic rings. The van der Waals surface area contributed by atoms with E-state index in [4.69, 9.17) is 14.2 Å². The maximum Gasteiger partial charge on any atom is 0.355 e. The fraction of sp³-hybridized carbons (Fsp3) is 0.143. The number of aromatic hydroxyl groups is 1. The van der Waals surface area contributed by atoms with Crippen LogP contribution in [0.15, 0.2) is 54.6 Å². The van der Waals surface area contributed by atoms with Crippen molar-refractivity contribution in [2.24, 2.45) is 0 Å². The Labute approximate surface area is 158 Å². The molecule has 3 aromatic rings. The van der Waals surface area contributed by atoms with Crippen LogP contribution in [0.2, 0.25) is 0 Å². The topological polar surface area (TPSA) is 102 Å². The molecule has 1 aliphatic carbocycles. The lowest BCUT2D eigenvalue weighted by atomic mass is 9.91. The second-order valence-corrected chi connectivity index (χ2v) is 6.66. The third kappa shape index (κ3) is 1.72. The second-order valence-electron chi connectivity index (χ2n) is 6.66. The molecule has 7 nitrogen and oxygen atoms in total. The average molecular weight is 378 g/mol. The number of carbonyl (C=O) groups is 2. The number of ether oxygens (including phenoxy) is 3. The lowest BCUT2D eigenvalue weighted by Gasteiger charge is -2.42. The molecular formula is C21H14O7. The monoisotopic (exact) mass is 378 g/mol. The molecule has 1 unspecified atom stereocenters. The van der Waals surface area contributed by atoms with Gasteiger partial charge in [0.25, 0.3) is 0 Å². The molecule has 0 saturated carbocycles. The number of rotatable bonds is 1. The van der Waals surface area contributed by atoms with Crippen molar-refractivity contribution in [3.8, 4) is 17.2 Å². The molecule has 1 aliphatic heterocycles. The molecule has 0 fully saturated rings. The SMILES string of the molecule is COC(=O)C1(O)C(=O)c2c(O)cccc2C12Oc1cccc3cccc(c13)O2. The van der Waals surface area contributed by atoms with Gasteiger partial charge in [-0.15, -0.1) is 0 Å². The zero-order valence-electron chi connectivity index (χ0n) is 14.6. The number of esters is 1. The van der Waals surface area contributed by atoms with E-state index in [1.54, 1.807) is 24.3 Å². The molecule has 0 aromatic heterocycles. The van der Waals surface area contributed by atoms with Gasteiger partial charge < -0.3 is 24.4 Å². The number of fused-ring (bicyclic) bond motifs is 2. The fourth-order valence-corrected chi connectivity index (χ4v) is 3.98. The number of aliphatic hydroxyl groups is 1. The molecule has 0 amide bonds. The van der Waals surface area contributed by atoms with Crippen molar-refractivity contribution in [2.45, 2.75) is 11.4 Å². The molecule has 1 atom stereocenters. The van der Waals surface area contributed by atoms with Gasteiger partial charge in [0, 0.05) is 0 Å². The van der Waals surface area contributed by atoms with E-state index >= 15 is 0 Å². The normalized spacial score (nSPS) is 21.1. The molecule has 1 spiro atoms. The molecule has 28 heavy (non-hydrogen) atoms. The van der Waals surface area contributed by atoms with Crippen molar-refractivity contribution in [3.63, 3.8) is 0 Å². The van der Waals surface area contributed by atoms with E-state index in [9.17, 15) is 19.8 Å². The summed E-state index contributed by atoms with van der Waals surface area (Å²) in [4.78, 5) is 25.7. The first-order valence-corrected chi connectivity index (χ1v) is 8.52. The Bertz CT molecular complexity index is 1140. The predicted molar refractivity (Wildman–Crippen MR) is 96.3 cm³/mol. The van der Waals surface area contributed by atoms with Crippen LogP contribution in [0.3, 0.4) is 0 Å². The molecular weight excluding hydrogens is 364 g/mol. The number of hydrogen-bond acceptors (Lipinski definition) is 7. The van der Waals surface area contributed by atoms with E-state index < -0.39 is 28.9 Å². The average Bonchev–Trinajstić information content (AvgIpc) is 2.88. The Morgan fingerprint density at radius 3 is 2.21 bits per heavy atom. The van der Waals surface area contributed by atoms with E-state index in [-0.39, 0.29) is 11.1 Å². The van der Waals surface area contributed by atoms with Crippen LogP contribution in [-0.4, -0.2) is 34.7 Å². The number of benzene rings is 3. The highest BCUT2D eigenvalue weighted by Crippen LogP contribution is 2.55. The summed E-state index contributed by atoms with van der Waals surface area (Å²) in [7, 11) is 1.04. The van der Waals surface area contributed by atoms with Gasteiger partial charge in [0.05, 0.1) is 23.6 Å². The van der Waals surface area contributed by atoms with Crippen LogP contribution in [0.5, 0.6) is 17.2 Å². The molecule has 1 heterocycles. The van der Waals surface area contributed by atoms with E-state index in [2.05, 4.69) is 0 Å². The number of ketones is 1. The number of methoxy groups -OCH3 is 1. The van der Waals surface area contributed by atoms with Crippen molar-refractivity contribution in [1.82, 2.24) is 0 Å². The van der Waals surface area contributed by atoms with Crippen molar-refractivity contribution in [1.29, 1.82) is 0 Å². The van der Waals surface area contributed by atoms with Gasteiger partial charge in [0.2, 0.25) is 5.78 Å². The largest absolute Gasteiger partial charge is 0.507 e. The third-order valence-electron chi connectivity index (χ3n) is 5.25. The minimum Gasteiger partial charge on any atom is -0.507 e. The van der Waals surface area contributed by atoms with Crippen LogP contribution in [0.4, 0.5) is 0 Å². The Morgan fingerprint density at radius 1 is 1.00 bits per heavy atom. The van der Waals surface area contributed by atoms with Crippen LogP contribution in [-0.2, 0) is 15.3 Å². The summed E-state index contributed by atoms with van der Waals surface area (Å²) in [5.41, 5.74) is -3.06. The second kappa shape index (κ2) is 5.24. The van der Waals surface area contributed by atoms with E-state index in [1.807, 2.05) is 12.1 Å². The first-order valence-electron chi connectivity index (χ1n) is 8.52. The number of hydrogen-bond donors (Lipinski definition) is 2. The maximum atomic E-state index is 13.1. The Hall–Kier alpha value is -3.58. The summed E-state index contributed by atoms with van der Waals surface area (Å²) in [5, 5.41) is 23.1. The van der Waals surface area contributed by atoms with E-state index in [0.717, 1.165) is 12.5 Å². The molecule has 0 saturated heterocycles. The van der Waals surface area contributed by atoms with Crippen molar-refractivity contribution >= 4 is 22.5 Å². The number of Topliss-reactive ketones (excluding diaryl/α,β-unsaturated/α-hetero) is 1. The summed E-state index contributed by atoms with van der Waals surface area (Å²) >= 11 is 0. The zero-order chi connectivity index (χ0) is 19.7. The maximum absolute atomic E-state index is 13.1. The molecule has 2 N–H and O–H groups in total. The fourth-order valence-electron chi connectivity index (χ4n) is 3.98. The van der Waals surface area contributed by atoms with E-state index in [1.165, 1.54) is 18.2 Å². The molecule has 140 valence electrons. The molecule has 0 radical (unpaired) electrons. The van der Waals surface area contributed by atoms with Crippen LogP contribution < -0.4 is 9.47 Å². The van der Waals surface area contributed by atoms with Crippen molar-refractivity contribution in [2.75, 3.05) is 7.11 Å². The Morgan fingerprint density at radius 2 is 1.61 bits per heavy atom. The summed E-state index contributed by atoms with van der Waals surface area (Å²) in [5.74, 6) is -4.30. The first-order chi connectivity index (χ1) is 13.4. The molecule has 0 bridgehead atoms. The molecule has 3 aromatic carbocycles. The van der Waals surface area contributed by atoms with Crippen LogP contribution in [0.1, 0.15) is 15.9 Å². The van der Waals surface area contributed by atoms with Crippen LogP contribution in [0.25, 0.3) is 10.8 Å². The highest BCUT2D eigenvalue weighted by molar-refractivity contribution is 6.21. The standard InChI is InChI=1S/C21H14O7/c1-26-19(24)20(25)18(23)17-12(7-4-8-13(17)22)21(20)27-14-9-2-5-11-6-3-10-15(28-21)16(11)14/h2-10,22,25H,1H3. The quantitative estimate of drug-likeness (QED) is 0.495. The number of carbonyl (C=O) groups excluding carboxylic acids is 2. The summed E-state index contributed by atoms with van der Waals surface area (Å²) in [6, 6.07) is 14.7. The van der Waals surface area contributed by atoms with E-state index in [0.29, 0.717) is 16.9 Å². The number of phenols is 1. The minimum absolute atomic E-state index is 0.0388. The predicted octanol–water partition coefficient (Wildman–Crippen LogP) is 2.27. The highest BCUT2D eigenvalue weighted by Gasteiger charge is 2.74. The van der Waals surface area contributed by atoms with Crippen LogP contribution in [0, 0.1) is 0 Å². The Balaban J connectivity index is 1.86.